The number of benzene rings is 1. The van der Waals surface area contributed by atoms with Crippen LogP contribution in [0.2, 0.25) is 0 Å². The topological polar surface area (TPSA) is 81.8 Å². The summed E-state index contributed by atoms with van der Waals surface area (Å²) in [4.78, 5) is 15.2. The number of nitrogens with zero attached hydrogens (tertiary/aromatic N) is 2. The van der Waals surface area contributed by atoms with E-state index in [1.54, 1.807) is 11.7 Å². The number of anilines is 1. The summed E-state index contributed by atoms with van der Waals surface area (Å²) in [6.07, 6.45) is 0. The Labute approximate surface area is 161 Å². The van der Waals surface area contributed by atoms with Crippen molar-refractivity contribution in [2.24, 2.45) is 0 Å². The first-order chi connectivity index (χ1) is 12.6. The van der Waals surface area contributed by atoms with Gasteiger partial charge >= 0.3 is 0 Å². The van der Waals surface area contributed by atoms with Crippen LogP contribution in [0.1, 0.15) is 9.67 Å². The van der Waals surface area contributed by atoms with Crippen LogP contribution in [0.15, 0.2) is 24.3 Å². The van der Waals surface area contributed by atoms with Crippen molar-refractivity contribution in [1.82, 2.24) is 14.8 Å². The van der Waals surface area contributed by atoms with Crippen LogP contribution in [0.3, 0.4) is 0 Å². The van der Waals surface area contributed by atoms with Crippen molar-refractivity contribution in [1.29, 1.82) is 0 Å². The number of nitrogens with two attached hydrogens (primary N) is 1. The summed E-state index contributed by atoms with van der Waals surface area (Å²) in [5, 5.41) is 2.93. The van der Waals surface area contributed by atoms with Crippen LogP contribution in [0, 0.1) is 3.95 Å². The molecule has 3 rings (SSSR count). The van der Waals surface area contributed by atoms with Crippen molar-refractivity contribution in [2.75, 3.05) is 52.2 Å². The summed E-state index contributed by atoms with van der Waals surface area (Å²) in [7, 11) is 1.61. The lowest BCUT2D eigenvalue weighted by Crippen LogP contribution is -2.41. The number of carbonyl (C=O) groups is 1. The van der Waals surface area contributed by atoms with Gasteiger partial charge in [-0.05, 0) is 36.5 Å². The number of rotatable bonds is 6. The standard InChI is InChI=1S/C17H22N4O3S2/c1-23-13-4-2-12(3-5-13)21-15(18)14(26-17(21)25)16(22)19-6-7-20-8-10-24-11-9-20/h2-5H,6-11,18H2,1H3,(H,19,22). The molecule has 0 radical (unpaired) electrons. The van der Waals surface area contributed by atoms with Gasteiger partial charge in [-0.2, -0.15) is 0 Å². The van der Waals surface area contributed by atoms with Gasteiger partial charge in [0.2, 0.25) is 0 Å². The number of aromatic nitrogens is 1. The van der Waals surface area contributed by atoms with Crippen LogP contribution in [0.25, 0.3) is 5.69 Å². The smallest absolute Gasteiger partial charge is 0.265 e. The number of hydrogen-bond donors (Lipinski definition) is 2. The molecule has 140 valence electrons. The Hall–Kier alpha value is -1.94. The number of morpholine rings is 1. The Kier molecular flexibility index (Phi) is 6.25. The van der Waals surface area contributed by atoms with Gasteiger partial charge in [-0.3, -0.25) is 14.3 Å². The van der Waals surface area contributed by atoms with Gasteiger partial charge in [-0.15, -0.1) is 0 Å². The SMILES string of the molecule is COc1ccc(-n2c(N)c(C(=O)NCCN3CCOCC3)sc2=S)cc1. The molecule has 0 atom stereocenters. The van der Waals surface area contributed by atoms with Gasteiger partial charge in [-0.25, -0.2) is 0 Å². The summed E-state index contributed by atoms with van der Waals surface area (Å²) >= 11 is 6.62. The van der Waals surface area contributed by atoms with E-state index in [2.05, 4.69) is 10.2 Å². The van der Waals surface area contributed by atoms with Crippen molar-refractivity contribution in [3.05, 3.63) is 33.1 Å². The van der Waals surface area contributed by atoms with Crippen LogP contribution in [-0.2, 0) is 4.74 Å². The van der Waals surface area contributed by atoms with E-state index in [0.717, 1.165) is 44.3 Å². The van der Waals surface area contributed by atoms with E-state index in [0.29, 0.717) is 21.2 Å². The van der Waals surface area contributed by atoms with Gasteiger partial charge in [0.05, 0.1) is 20.3 Å². The highest BCUT2D eigenvalue weighted by atomic mass is 32.1. The van der Waals surface area contributed by atoms with Crippen molar-refractivity contribution in [3.63, 3.8) is 0 Å². The Morgan fingerprint density at radius 1 is 1.35 bits per heavy atom. The molecule has 0 spiro atoms. The fourth-order valence-electron chi connectivity index (χ4n) is 2.76. The molecule has 1 aliphatic heterocycles. The molecule has 2 aromatic rings. The van der Waals surface area contributed by atoms with E-state index in [1.165, 1.54) is 11.3 Å². The van der Waals surface area contributed by atoms with E-state index in [-0.39, 0.29) is 5.91 Å². The molecular formula is C17H22N4O3S2. The molecule has 2 heterocycles. The molecule has 26 heavy (non-hydrogen) atoms. The zero-order valence-corrected chi connectivity index (χ0v) is 16.2. The van der Waals surface area contributed by atoms with Crippen molar-refractivity contribution >= 4 is 35.3 Å². The molecule has 1 aliphatic rings. The monoisotopic (exact) mass is 394 g/mol. The van der Waals surface area contributed by atoms with Crippen LogP contribution in [-0.4, -0.2) is 61.9 Å². The first kappa shape index (κ1) is 18.8. The molecule has 1 aromatic heterocycles. The van der Waals surface area contributed by atoms with Crippen molar-refractivity contribution in [2.45, 2.75) is 0 Å². The quantitative estimate of drug-likeness (QED) is 0.729. The summed E-state index contributed by atoms with van der Waals surface area (Å²) in [6, 6.07) is 7.38. The van der Waals surface area contributed by atoms with E-state index >= 15 is 0 Å². The van der Waals surface area contributed by atoms with Gasteiger partial charge < -0.3 is 20.5 Å². The second-order valence-corrected chi connectivity index (χ2v) is 7.47. The molecule has 1 fully saturated rings. The van der Waals surface area contributed by atoms with E-state index < -0.39 is 0 Å². The predicted molar refractivity (Wildman–Crippen MR) is 105 cm³/mol. The normalized spacial score (nSPS) is 15.0. The highest BCUT2D eigenvalue weighted by Gasteiger charge is 2.18. The number of carbonyl (C=O) groups excluding carboxylic acids is 1. The van der Waals surface area contributed by atoms with Crippen LogP contribution in [0.4, 0.5) is 5.82 Å². The summed E-state index contributed by atoms with van der Waals surface area (Å²) in [6.45, 7) is 4.63. The number of thiazole rings is 1. The molecule has 3 N–H and O–H groups in total. The van der Waals surface area contributed by atoms with Crippen LogP contribution >= 0.6 is 23.6 Å². The predicted octanol–water partition coefficient (Wildman–Crippen LogP) is 1.92. The minimum Gasteiger partial charge on any atom is -0.497 e. The fourth-order valence-corrected chi connectivity index (χ4v) is 4.04. The molecule has 0 bridgehead atoms. The van der Waals surface area contributed by atoms with Gasteiger partial charge in [0.25, 0.3) is 5.91 Å². The van der Waals surface area contributed by atoms with Crippen LogP contribution in [0.5, 0.6) is 5.75 Å². The zero-order valence-electron chi connectivity index (χ0n) is 14.6. The highest BCUT2D eigenvalue weighted by Crippen LogP contribution is 2.27. The maximum atomic E-state index is 12.5. The van der Waals surface area contributed by atoms with Crippen molar-refractivity contribution in [3.8, 4) is 11.4 Å². The second kappa shape index (κ2) is 8.63. The molecule has 0 saturated carbocycles. The zero-order chi connectivity index (χ0) is 18.5. The molecule has 9 heteroatoms. The molecular weight excluding hydrogens is 372 g/mol. The second-order valence-electron chi connectivity index (χ2n) is 5.83. The fraction of sp³-hybridized carbons (Fsp3) is 0.412. The Balaban J connectivity index is 1.68. The number of hydrogen-bond acceptors (Lipinski definition) is 7. The van der Waals surface area contributed by atoms with Crippen molar-refractivity contribution < 1.29 is 14.3 Å². The maximum absolute atomic E-state index is 12.5. The largest absolute Gasteiger partial charge is 0.497 e. The lowest BCUT2D eigenvalue weighted by atomic mass is 10.3. The number of amides is 1. The number of nitrogens with one attached hydrogen (secondary N) is 1. The summed E-state index contributed by atoms with van der Waals surface area (Å²) in [5.41, 5.74) is 7.01. The molecule has 1 saturated heterocycles. The lowest BCUT2D eigenvalue weighted by molar-refractivity contribution is 0.0383. The Bertz CT molecular complexity index is 810. The van der Waals surface area contributed by atoms with Crippen LogP contribution < -0.4 is 15.8 Å². The van der Waals surface area contributed by atoms with Gasteiger partial charge in [0, 0.05) is 31.9 Å². The summed E-state index contributed by atoms with van der Waals surface area (Å²) in [5.74, 6) is 0.906. The Morgan fingerprint density at radius 3 is 2.69 bits per heavy atom. The maximum Gasteiger partial charge on any atom is 0.265 e. The van der Waals surface area contributed by atoms with Gasteiger partial charge in [-0.1, -0.05) is 11.3 Å². The minimum absolute atomic E-state index is 0.195. The van der Waals surface area contributed by atoms with Gasteiger partial charge in [0.1, 0.15) is 16.4 Å². The number of ether oxygens (including phenoxy) is 2. The first-order valence-corrected chi connectivity index (χ1v) is 9.56. The molecule has 0 unspecified atom stereocenters. The molecule has 7 nitrogen and oxygen atoms in total. The minimum atomic E-state index is -0.195. The molecule has 1 aromatic carbocycles. The number of methoxy groups -OCH3 is 1. The lowest BCUT2D eigenvalue weighted by Gasteiger charge is -2.26. The third-order valence-corrected chi connectivity index (χ3v) is 5.59. The average Bonchev–Trinajstić information content (AvgIpc) is 2.97. The highest BCUT2D eigenvalue weighted by molar-refractivity contribution is 7.73. The van der Waals surface area contributed by atoms with Gasteiger partial charge in [0.15, 0.2) is 3.95 Å². The number of nitrogen functional groups attached to an aromatic ring is 1. The Morgan fingerprint density at radius 2 is 2.04 bits per heavy atom. The van der Waals surface area contributed by atoms with E-state index in [1.807, 2.05) is 24.3 Å². The third-order valence-electron chi connectivity index (χ3n) is 4.20. The third kappa shape index (κ3) is 4.24. The average molecular weight is 395 g/mol. The first-order valence-electron chi connectivity index (χ1n) is 8.34. The van der Waals surface area contributed by atoms with E-state index in [4.69, 9.17) is 27.4 Å². The summed E-state index contributed by atoms with van der Waals surface area (Å²) < 4.78 is 12.7. The molecule has 1 amide bonds. The molecule has 0 aliphatic carbocycles. The van der Waals surface area contributed by atoms with E-state index in [9.17, 15) is 4.79 Å².